The predicted octanol–water partition coefficient (Wildman–Crippen LogP) is -0.151. The number of hydrogen-bond acceptors (Lipinski definition) is 3. The highest BCUT2D eigenvalue weighted by molar-refractivity contribution is 5.83. The average molecular weight is 199 g/mol. The normalized spacial score (nSPS) is 35.8. The first-order valence-electron chi connectivity index (χ1n) is 4.74. The number of carboxylic acids is 1. The van der Waals surface area contributed by atoms with Crippen molar-refractivity contribution in [2.75, 3.05) is 6.61 Å². The van der Waals surface area contributed by atoms with E-state index in [4.69, 9.17) is 9.84 Å². The molecule has 0 aliphatic carbocycles. The van der Waals surface area contributed by atoms with E-state index in [1.807, 2.05) is 0 Å². The molecular weight excluding hydrogens is 186 g/mol. The summed E-state index contributed by atoms with van der Waals surface area (Å²) in [7, 11) is 0. The number of carboxylic acid groups (broad SMARTS) is 1. The lowest BCUT2D eigenvalue weighted by Gasteiger charge is -2.24. The number of carbonyl (C=O) groups is 2. The third-order valence-electron chi connectivity index (χ3n) is 2.97. The van der Waals surface area contributed by atoms with Crippen LogP contribution in [-0.2, 0) is 14.3 Å². The van der Waals surface area contributed by atoms with Gasteiger partial charge in [-0.05, 0) is 6.42 Å². The van der Waals surface area contributed by atoms with Crippen LogP contribution in [0.15, 0.2) is 0 Å². The van der Waals surface area contributed by atoms with Crippen LogP contribution < -0.4 is 0 Å². The second kappa shape index (κ2) is 3.24. The van der Waals surface area contributed by atoms with Gasteiger partial charge < -0.3 is 14.7 Å². The summed E-state index contributed by atoms with van der Waals surface area (Å²) in [4.78, 5) is 23.7. The van der Waals surface area contributed by atoms with Crippen LogP contribution in [0.25, 0.3) is 0 Å². The van der Waals surface area contributed by atoms with Crippen molar-refractivity contribution in [3.05, 3.63) is 0 Å². The second-order valence-electron chi connectivity index (χ2n) is 3.78. The van der Waals surface area contributed by atoms with Gasteiger partial charge in [-0.25, -0.2) is 4.79 Å². The smallest absolute Gasteiger partial charge is 0.326 e. The Balaban J connectivity index is 2.21. The van der Waals surface area contributed by atoms with E-state index in [0.717, 1.165) is 6.42 Å². The van der Waals surface area contributed by atoms with Crippen molar-refractivity contribution in [2.45, 2.75) is 38.0 Å². The predicted molar refractivity (Wildman–Crippen MR) is 46.7 cm³/mol. The number of hydrogen-bond donors (Lipinski definition) is 1. The third kappa shape index (κ3) is 1.28. The molecule has 0 spiro atoms. The maximum Gasteiger partial charge on any atom is 0.326 e. The van der Waals surface area contributed by atoms with E-state index >= 15 is 0 Å². The Bertz CT molecular complexity index is 278. The van der Waals surface area contributed by atoms with E-state index in [9.17, 15) is 9.59 Å². The van der Waals surface area contributed by atoms with Crippen molar-refractivity contribution in [1.82, 2.24) is 4.90 Å². The van der Waals surface area contributed by atoms with Gasteiger partial charge in [0.25, 0.3) is 0 Å². The Morgan fingerprint density at radius 1 is 1.50 bits per heavy atom. The first-order chi connectivity index (χ1) is 6.61. The number of fused-ring (bicyclic) bond motifs is 1. The Labute approximate surface area is 81.6 Å². The van der Waals surface area contributed by atoms with Crippen LogP contribution in [0, 0.1) is 0 Å². The Hall–Kier alpha value is -1.10. The molecule has 2 saturated heterocycles. The molecule has 0 radical (unpaired) electrons. The van der Waals surface area contributed by atoms with E-state index in [1.54, 1.807) is 0 Å². The van der Waals surface area contributed by atoms with Crippen molar-refractivity contribution >= 4 is 11.9 Å². The fourth-order valence-corrected chi connectivity index (χ4v) is 2.42. The first kappa shape index (κ1) is 9.45. The molecular formula is C9H13NO4. The zero-order valence-corrected chi connectivity index (χ0v) is 7.97. The van der Waals surface area contributed by atoms with Gasteiger partial charge in [0.2, 0.25) is 5.91 Å². The zero-order chi connectivity index (χ0) is 10.3. The standard InChI is InChI=1S/C9H13NO4/c1-5(11)10-6-2-3-14-8(6)4-7(10)9(12)13/h6-8H,2-4H2,1H3,(H,12,13)/t6-,7?,8-/m0/s1. The van der Waals surface area contributed by atoms with Crippen LogP contribution in [-0.4, -0.2) is 46.7 Å². The van der Waals surface area contributed by atoms with E-state index < -0.39 is 12.0 Å². The van der Waals surface area contributed by atoms with Crippen LogP contribution in [0.2, 0.25) is 0 Å². The third-order valence-corrected chi connectivity index (χ3v) is 2.97. The van der Waals surface area contributed by atoms with Crippen LogP contribution >= 0.6 is 0 Å². The molecule has 14 heavy (non-hydrogen) atoms. The molecule has 0 aromatic rings. The van der Waals surface area contributed by atoms with Gasteiger partial charge >= 0.3 is 5.97 Å². The largest absolute Gasteiger partial charge is 0.480 e. The Morgan fingerprint density at radius 3 is 2.79 bits per heavy atom. The zero-order valence-electron chi connectivity index (χ0n) is 7.97. The summed E-state index contributed by atoms with van der Waals surface area (Å²) in [6.07, 6.45) is 1.12. The Kier molecular flexibility index (Phi) is 2.19. The van der Waals surface area contributed by atoms with Gasteiger partial charge in [-0.1, -0.05) is 0 Å². The van der Waals surface area contributed by atoms with Gasteiger partial charge in [-0.2, -0.15) is 0 Å². The average Bonchev–Trinajstić information content (AvgIpc) is 2.58. The molecule has 2 aliphatic rings. The van der Waals surface area contributed by atoms with E-state index in [2.05, 4.69) is 0 Å². The molecule has 0 aromatic carbocycles. The summed E-state index contributed by atoms with van der Waals surface area (Å²) in [6, 6.07) is -0.712. The minimum absolute atomic E-state index is 0.0198. The minimum atomic E-state index is -0.932. The van der Waals surface area contributed by atoms with Gasteiger partial charge in [0.15, 0.2) is 0 Å². The fraction of sp³-hybridized carbons (Fsp3) is 0.778. The van der Waals surface area contributed by atoms with Crippen molar-refractivity contribution in [1.29, 1.82) is 0 Å². The number of amides is 1. The molecule has 5 nitrogen and oxygen atoms in total. The molecule has 2 fully saturated rings. The van der Waals surface area contributed by atoms with E-state index in [-0.39, 0.29) is 18.1 Å². The number of carbonyl (C=O) groups excluding carboxylic acids is 1. The lowest BCUT2D eigenvalue weighted by Crippen LogP contribution is -2.44. The highest BCUT2D eigenvalue weighted by atomic mass is 16.5. The van der Waals surface area contributed by atoms with E-state index in [0.29, 0.717) is 13.0 Å². The highest BCUT2D eigenvalue weighted by Crippen LogP contribution is 2.33. The summed E-state index contributed by atoms with van der Waals surface area (Å²) in [5, 5.41) is 8.94. The molecule has 3 atom stereocenters. The lowest BCUT2D eigenvalue weighted by molar-refractivity contribution is -0.148. The number of rotatable bonds is 1. The second-order valence-corrected chi connectivity index (χ2v) is 3.78. The van der Waals surface area contributed by atoms with Crippen molar-refractivity contribution in [3.63, 3.8) is 0 Å². The van der Waals surface area contributed by atoms with Crippen LogP contribution in [0.4, 0.5) is 0 Å². The number of ether oxygens (including phenoxy) is 1. The van der Waals surface area contributed by atoms with Gasteiger partial charge in [-0.3, -0.25) is 4.79 Å². The first-order valence-corrected chi connectivity index (χ1v) is 4.74. The summed E-state index contributed by atoms with van der Waals surface area (Å²) in [5.41, 5.74) is 0. The summed E-state index contributed by atoms with van der Waals surface area (Å²) in [6.45, 7) is 2.04. The number of aliphatic carboxylic acids is 1. The summed E-state index contributed by atoms with van der Waals surface area (Å²) < 4.78 is 5.38. The van der Waals surface area contributed by atoms with Crippen LogP contribution in [0.3, 0.4) is 0 Å². The van der Waals surface area contributed by atoms with Crippen LogP contribution in [0.1, 0.15) is 19.8 Å². The molecule has 0 saturated carbocycles. The summed E-state index contributed by atoms with van der Waals surface area (Å²) >= 11 is 0. The number of nitrogens with zero attached hydrogens (tertiary/aromatic N) is 1. The van der Waals surface area contributed by atoms with Crippen molar-refractivity contribution in [2.24, 2.45) is 0 Å². The molecule has 0 aromatic heterocycles. The molecule has 1 N–H and O–H groups in total. The van der Waals surface area contributed by atoms with Crippen LogP contribution in [0.5, 0.6) is 0 Å². The Morgan fingerprint density at radius 2 is 2.21 bits per heavy atom. The molecule has 1 amide bonds. The van der Waals surface area contributed by atoms with Gasteiger partial charge in [0.05, 0.1) is 12.1 Å². The van der Waals surface area contributed by atoms with Crippen molar-refractivity contribution in [3.8, 4) is 0 Å². The topological polar surface area (TPSA) is 66.8 Å². The van der Waals surface area contributed by atoms with Gasteiger partial charge in [0, 0.05) is 20.0 Å². The molecule has 2 heterocycles. The SMILES string of the molecule is CC(=O)N1C(C(=O)O)C[C@@H]2OCC[C@@H]21. The lowest BCUT2D eigenvalue weighted by atomic mass is 10.1. The fourth-order valence-electron chi connectivity index (χ4n) is 2.42. The van der Waals surface area contributed by atoms with E-state index in [1.165, 1.54) is 11.8 Å². The maximum atomic E-state index is 11.3. The molecule has 0 bridgehead atoms. The molecule has 2 aliphatic heterocycles. The minimum Gasteiger partial charge on any atom is -0.480 e. The maximum absolute atomic E-state index is 11.3. The monoisotopic (exact) mass is 199 g/mol. The summed E-state index contributed by atoms with van der Waals surface area (Å²) in [5.74, 6) is -1.10. The van der Waals surface area contributed by atoms with Gasteiger partial charge in [-0.15, -0.1) is 0 Å². The number of likely N-dealkylation sites (tertiary alicyclic amines) is 1. The van der Waals surface area contributed by atoms with Crippen molar-refractivity contribution < 1.29 is 19.4 Å². The quantitative estimate of drug-likeness (QED) is 0.637. The molecule has 2 rings (SSSR count). The molecule has 1 unspecified atom stereocenters. The van der Waals surface area contributed by atoms with Gasteiger partial charge in [0.1, 0.15) is 6.04 Å². The highest BCUT2D eigenvalue weighted by Gasteiger charge is 2.48. The molecule has 5 heteroatoms. The molecule has 78 valence electrons.